The monoisotopic (exact) mass is 165 g/mol. The minimum atomic E-state index is -0.634. The van der Waals surface area contributed by atoms with Gasteiger partial charge in [-0.05, 0) is 18.6 Å². The van der Waals surface area contributed by atoms with Gasteiger partial charge in [0.1, 0.15) is 6.17 Å². The van der Waals surface area contributed by atoms with Gasteiger partial charge >= 0.3 is 0 Å². The summed E-state index contributed by atoms with van der Waals surface area (Å²) in [4.78, 5) is 2.09. The van der Waals surface area contributed by atoms with E-state index in [9.17, 15) is 4.39 Å². The van der Waals surface area contributed by atoms with Gasteiger partial charge in [-0.15, -0.1) is 0 Å². The Morgan fingerprint density at radius 1 is 1.25 bits per heavy atom. The lowest BCUT2D eigenvalue weighted by Crippen LogP contribution is -2.19. The Kier molecular flexibility index (Phi) is 1.98. The molecule has 1 aromatic rings. The van der Waals surface area contributed by atoms with Gasteiger partial charge in [-0.1, -0.05) is 18.2 Å². The van der Waals surface area contributed by atoms with E-state index in [4.69, 9.17) is 0 Å². The van der Waals surface area contributed by atoms with Crippen LogP contribution in [0.25, 0.3) is 0 Å². The van der Waals surface area contributed by atoms with Crippen molar-refractivity contribution in [1.82, 2.24) is 0 Å². The first kappa shape index (κ1) is 7.59. The molecular formula is C10H12FN. The first-order chi connectivity index (χ1) is 5.86. The average Bonchev–Trinajstić information content (AvgIpc) is 2.54. The number of anilines is 1. The summed E-state index contributed by atoms with van der Waals surface area (Å²) in [6, 6.07) is 10.0. The Morgan fingerprint density at radius 3 is 2.58 bits per heavy atom. The Labute approximate surface area is 71.8 Å². The molecule has 2 rings (SSSR count). The third-order valence-corrected chi connectivity index (χ3v) is 2.25. The summed E-state index contributed by atoms with van der Waals surface area (Å²) in [5.41, 5.74) is 1.14. The van der Waals surface area contributed by atoms with Crippen LogP contribution in [-0.4, -0.2) is 19.3 Å². The maximum atomic E-state index is 12.8. The first-order valence-corrected chi connectivity index (χ1v) is 4.30. The number of nitrogens with zero attached hydrogens (tertiary/aromatic N) is 1. The van der Waals surface area contributed by atoms with Crippen molar-refractivity contribution in [3.8, 4) is 0 Å². The van der Waals surface area contributed by atoms with Gasteiger partial charge in [0.25, 0.3) is 0 Å². The number of para-hydroxylation sites is 1. The van der Waals surface area contributed by atoms with E-state index < -0.39 is 6.17 Å². The molecule has 1 atom stereocenters. The zero-order valence-corrected chi connectivity index (χ0v) is 6.91. The van der Waals surface area contributed by atoms with Crippen molar-refractivity contribution in [3.63, 3.8) is 0 Å². The quantitative estimate of drug-likeness (QED) is 0.616. The predicted octanol–water partition coefficient (Wildman–Crippen LogP) is 2.23. The molecule has 1 fully saturated rings. The Bertz CT molecular complexity index is 247. The highest BCUT2D eigenvalue weighted by Crippen LogP contribution is 2.20. The van der Waals surface area contributed by atoms with E-state index in [-0.39, 0.29) is 0 Å². The molecule has 64 valence electrons. The average molecular weight is 165 g/mol. The molecule has 1 aromatic carbocycles. The summed E-state index contributed by atoms with van der Waals surface area (Å²) < 4.78 is 12.8. The van der Waals surface area contributed by atoms with Crippen molar-refractivity contribution in [2.24, 2.45) is 0 Å². The fraction of sp³-hybridized carbons (Fsp3) is 0.400. The van der Waals surface area contributed by atoms with Crippen LogP contribution in [0.3, 0.4) is 0 Å². The van der Waals surface area contributed by atoms with E-state index in [1.54, 1.807) is 0 Å². The van der Waals surface area contributed by atoms with Crippen molar-refractivity contribution < 1.29 is 4.39 Å². The molecule has 0 saturated carbocycles. The molecule has 1 heterocycles. The number of halogens is 1. The molecule has 1 nitrogen and oxygen atoms in total. The standard InChI is InChI=1S/C10H12FN/c11-9-6-7-12(8-9)10-4-2-1-3-5-10/h1-5,9H,6-8H2/t9-/m0/s1. The van der Waals surface area contributed by atoms with E-state index in [1.165, 1.54) is 0 Å². The summed E-state index contributed by atoms with van der Waals surface area (Å²) in [5.74, 6) is 0. The molecule has 0 amide bonds. The molecule has 1 aliphatic heterocycles. The highest BCUT2D eigenvalue weighted by Gasteiger charge is 2.21. The summed E-state index contributed by atoms with van der Waals surface area (Å²) in [6.07, 6.45) is 0.0414. The van der Waals surface area contributed by atoms with Crippen LogP contribution in [-0.2, 0) is 0 Å². The molecule has 2 heteroatoms. The zero-order valence-electron chi connectivity index (χ0n) is 6.91. The van der Waals surface area contributed by atoms with Gasteiger partial charge in [-0.25, -0.2) is 4.39 Å². The van der Waals surface area contributed by atoms with Crippen molar-refractivity contribution in [2.75, 3.05) is 18.0 Å². The number of hydrogen-bond acceptors (Lipinski definition) is 1. The highest BCUT2D eigenvalue weighted by molar-refractivity contribution is 5.46. The smallest absolute Gasteiger partial charge is 0.119 e. The summed E-state index contributed by atoms with van der Waals surface area (Å²) in [5, 5.41) is 0. The number of benzene rings is 1. The van der Waals surface area contributed by atoms with Gasteiger partial charge in [0.05, 0.1) is 0 Å². The van der Waals surface area contributed by atoms with Gasteiger partial charge in [0, 0.05) is 18.8 Å². The summed E-state index contributed by atoms with van der Waals surface area (Å²) in [6.45, 7) is 1.41. The molecular weight excluding hydrogens is 153 g/mol. The molecule has 0 aromatic heterocycles. The normalized spacial score (nSPS) is 23.1. The third kappa shape index (κ3) is 1.42. The molecule has 0 bridgehead atoms. The highest BCUT2D eigenvalue weighted by atomic mass is 19.1. The van der Waals surface area contributed by atoms with E-state index in [0.717, 1.165) is 12.2 Å². The Hall–Kier alpha value is -1.05. The van der Waals surface area contributed by atoms with Crippen LogP contribution in [0.5, 0.6) is 0 Å². The fourth-order valence-corrected chi connectivity index (χ4v) is 1.59. The second-order valence-electron chi connectivity index (χ2n) is 3.17. The minimum absolute atomic E-state index is 0.560. The Balaban J connectivity index is 2.11. The largest absolute Gasteiger partial charge is 0.369 e. The van der Waals surface area contributed by atoms with Gasteiger partial charge in [-0.3, -0.25) is 0 Å². The van der Waals surface area contributed by atoms with Crippen molar-refractivity contribution in [1.29, 1.82) is 0 Å². The maximum Gasteiger partial charge on any atom is 0.119 e. The van der Waals surface area contributed by atoms with Crippen LogP contribution >= 0.6 is 0 Å². The molecule has 12 heavy (non-hydrogen) atoms. The van der Waals surface area contributed by atoms with Crippen LogP contribution in [0, 0.1) is 0 Å². The van der Waals surface area contributed by atoms with Gasteiger partial charge < -0.3 is 4.90 Å². The van der Waals surface area contributed by atoms with Crippen molar-refractivity contribution >= 4 is 5.69 Å². The maximum absolute atomic E-state index is 12.8. The lowest BCUT2D eigenvalue weighted by molar-refractivity contribution is 0.364. The van der Waals surface area contributed by atoms with E-state index >= 15 is 0 Å². The molecule has 0 unspecified atom stereocenters. The lowest BCUT2D eigenvalue weighted by Gasteiger charge is -2.16. The second-order valence-corrected chi connectivity index (χ2v) is 3.17. The van der Waals surface area contributed by atoms with E-state index in [2.05, 4.69) is 4.90 Å². The summed E-state index contributed by atoms with van der Waals surface area (Å²) >= 11 is 0. The topological polar surface area (TPSA) is 3.24 Å². The number of hydrogen-bond donors (Lipinski definition) is 0. The van der Waals surface area contributed by atoms with E-state index in [0.29, 0.717) is 13.0 Å². The van der Waals surface area contributed by atoms with Crippen LogP contribution in [0.15, 0.2) is 30.3 Å². The number of rotatable bonds is 1. The van der Waals surface area contributed by atoms with Gasteiger partial charge in [-0.2, -0.15) is 0 Å². The first-order valence-electron chi connectivity index (χ1n) is 4.30. The second kappa shape index (κ2) is 3.13. The van der Waals surface area contributed by atoms with Crippen LogP contribution < -0.4 is 4.90 Å². The van der Waals surface area contributed by atoms with Gasteiger partial charge in [0.15, 0.2) is 0 Å². The predicted molar refractivity (Wildman–Crippen MR) is 48.2 cm³/mol. The molecule has 1 aliphatic rings. The minimum Gasteiger partial charge on any atom is -0.369 e. The third-order valence-electron chi connectivity index (χ3n) is 2.25. The summed E-state index contributed by atoms with van der Waals surface area (Å²) in [7, 11) is 0. The van der Waals surface area contributed by atoms with Crippen LogP contribution in [0.4, 0.5) is 10.1 Å². The molecule has 0 N–H and O–H groups in total. The molecule has 0 spiro atoms. The Morgan fingerprint density at radius 2 is 2.00 bits per heavy atom. The number of alkyl halides is 1. The molecule has 0 radical (unpaired) electrons. The molecule has 0 aliphatic carbocycles. The molecule has 1 saturated heterocycles. The van der Waals surface area contributed by atoms with Crippen LogP contribution in [0.2, 0.25) is 0 Å². The van der Waals surface area contributed by atoms with Crippen molar-refractivity contribution in [3.05, 3.63) is 30.3 Å². The zero-order chi connectivity index (χ0) is 8.39. The van der Waals surface area contributed by atoms with Gasteiger partial charge in [0.2, 0.25) is 0 Å². The van der Waals surface area contributed by atoms with E-state index in [1.807, 2.05) is 30.3 Å². The van der Waals surface area contributed by atoms with Crippen molar-refractivity contribution in [2.45, 2.75) is 12.6 Å². The van der Waals surface area contributed by atoms with Crippen LogP contribution in [0.1, 0.15) is 6.42 Å². The fourth-order valence-electron chi connectivity index (χ4n) is 1.59. The lowest BCUT2D eigenvalue weighted by atomic mass is 10.3. The SMILES string of the molecule is F[C@H]1CCN(c2ccccc2)C1.